The van der Waals surface area contributed by atoms with Gasteiger partial charge in [-0.25, -0.2) is 8.42 Å². The van der Waals surface area contributed by atoms with Crippen molar-refractivity contribution in [2.24, 2.45) is 5.92 Å². The highest BCUT2D eigenvalue weighted by molar-refractivity contribution is 7.91. The molecule has 0 atom stereocenters. The van der Waals surface area contributed by atoms with Crippen molar-refractivity contribution in [3.63, 3.8) is 0 Å². The number of unbranched alkanes of at least 4 members (excludes halogenated alkanes) is 1. The van der Waals surface area contributed by atoms with Crippen LogP contribution in [0.2, 0.25) is 0 Å². The molecule has 0 bridgehead atoms. The Labute approximate surface area is 82.6 Å². The second-order valence-corrected chi connectivity index (χ2v) is 6.98. The molecule has 0 fully saturated rings. The molecule has 0 aliphatic rings. The molecular formula is C10H22O2S. The van der Waals surface area contributed by atoms with Crippen LogP contribution in [0, 0.1) is 5.92 Å². The lowest BCUT2D eigenvalue weighted by molar-refractivity contribution is 0.541. The van der Waals surface area contributed by atoms with E-state index in [1.165, 1.54) is 0 Å². The molecule has 0 aliphatic carbocycles. The summed E-state index contributed by atoms with van der Waals surface area (Å²) in [6, 6.07) is 0. The number of hydrogen-bond donors (Lipinski definition) is 0. The first-order valence-electron chi connectivity index (χ1n) is 5.08. The first kappa shape index (κ1) is 12.9. The van der Waals surface area contributed by atoms with E-state index in [0.29, 0.717) is 11.7 Å². The highest BCUT2D eigenvalue weighted by Gasteiger charge is 2.14. The van der Waals surface area contributed by atoms with Crippen LogP contribution in [-0.4, -0.2) is 19.4 Å². The molecule has 3 heteroatoms. The van der Waals surface area contributed by atoms with E-state index in [-0.39, 0.29) is 5.25 Å². The molecule has 0 radical (unpaired) electrons. The van der Waals surface area contributed by atoms with Crippen LogP contribution in [0.25, 0.3) is 0 Å². The molecule has 80 valence electrons. The van der Waals surface area contributed by atoms with Crippen LogP contribution < -0.4 is 0 Å². The maximum atomic E-state index is 11.4. The highest BCUT2D eigenvalue weighted by Crippen LogP contribution is 2.09. The minimum Gasteiger partial charge on any atom is -0.229 e. The molecule has 0 unspecified atom stereocenters. The summed E-state index contributed by atoms with van der Waals surface area (Å²) in [5, 5.41) is -0.216. The third-order valence-electron chi connectivity index (χ3n) is 2.18. The zero-order valence-electron chi connectivity index (χ0n) is 9.21. The zero-order chi connectivity index (χ0) is 10.5. The topological polar surface area (TPSA) is 34.1 Å². The van der Waals surface area contributed by atoms with E-state index >= 15 is 0 Å². The quantitative estimate of drug-likeness (QED) is 0.626. The summed E-state index contributed by atoms with van der Waals surface area (Å²) in [6.07, 6.45) is 2.98. The molecule has 0 N–H and O–H groups in total. The van der Waals surface area contributed by atoms with Crippen molar-refractivity contribution in [1.82, 2.24) is 0 Å². The summed E-state index contributed by atoms with van der Waals surface area (Å²) < 4.78 is 22.7. The summed E-state index contributed by atoms with van der Waals surface area (Å²) >= 11 is 0. The largest absolute Gasteiger partial charge is 0.229 e. The Kier molecular flexibility index (Phi) is 5.61. The molecule has 0 spiro atoms. The summed E-state index contributed by atoms with van der Waals surface area (Å²) in [4.78, 5) is 0. The van der Waals surface area contributed by atoms with Crippen LogP contribution in [0.1, 0.15) is 47.0 Å². The van der Waals surface area contributed by atoms with Crippen molar-refractivity contribution in [3.8, 4) is 0 Å². The van der Waals surface area contributed by atoms with Crippen molar-refractivity contribution in [2.45, 2.75) is 52.2 Å². The fraction of sp³-hybridized carbons (Fsp3) is 1.00. The number of rotatable bonds is 6. The van der Waals surface area contributed by atoms with Gasteiger partial charge in [-0.05, 0) is 26.2 Å². The van der Waals surface area contributed by atoms with E-state index in [4.69, 9.17) is 0 Å². The normalized spacial score (nSPS) is 12.8. The average molecular weight is 206 g/mol. The molecule has 0 amide bonds. The lowest BCUT2D eigenvalue weighted by Gasteiger charge is -2.08. The molecule has 2 nitrogen and oxygen atoms in total. The van der Waals surface area contributed by atoms with Gasteiger partial charge in [0.15, 0.2) is 9.84 Å². The van der Waals surface area contributed by atoms with Gasteiger partial charge in [0.25, 0.3) is 0 Å². The first-order chi connectivity index (χ1) is 5.86. The van der Waals surface area contributed by atoms with Gasteiger partial charge in [0.1, 0.15) is 0 Å². The third kappa shape index (κ3) is 6.08. The Balaban J connectivity index is 3.66. The number of hydrogen-bond acceptors (Lipinski definition) is 2. The zero-order valence-corrected chi connectivity index (χ0v) is 10.0. The molecule has 0 saturated heterocycles. The van der Waals surface area contributed by atoms with Gasteiger partial charge in [-0.2, -0.15) is 0 Å². The van der Waals surface area contributed by atoms with E-state index in [9.17, 15) is 8.42 Å². The van der Waals surface area contributed by atoms with Gasteiger partial charge < -0.3 is 0 Å². The Morgan fingerprint density at radius 2 is 1.54 bits per heavy atom. The van der Waals surface area contributed by atoms with Gasteiger partial charge in [-0.3, -0.25) is 0 Å². The van der Waals surface area contributed by atoms with Crippen LogP contribution in [0.15, 0.2) is 0 Å². The summed E-state index contributed by atoms with van der Waals surface area (Å²) in [5.41, 5.74) is 0. The molecule has 0 saturated carbocycles. The van der Waals surface area contributed by atoms with Gasteiger partial charge in [0, 0.05) is 0 Å². The second kappa shape index (κ2) is 5.63. The van der Waals surface area contributed by atoms with E-state index in [0.717, 1.165) is 19.3 Å². The summed E-state index contributed by atoms with van der Waals surface area (Å²) in [5.74, 6) is 1.04. The van der Waals surface area contributed by atoms with Gasteiger partial charge in [0.2, 0.25) is 0 Å². The Hall–Kier alpha value is -0.0500. The lowest BCUT2D eigenvalue weighted by Crippen LogP contribution is -2.17. The van der Waals surface area contributed by atoms with Crippen molar-refractivity contribution >= 4 is 9.84 Å². The Bertz CT molecular complexity index is 215. The Morgan fingerprint density at radius 3 is 1.92 bits per heavy atom. The van der Waals surface area contributed by atoms with E-state index < -0.39 is 9.84 Å². The lowest BCUT2D eigenvalue weighted by atomic mass is 10.1. The maximum absolute atomic E-state index is 11.4. The predicted octanol–water partition coefficient (Wildman–Crippen LogP) is 2.64. The van der Waals surface area contributed by atoms with Gasteiger partial charge in [0.05, 0.1) is 11.0 Å². The van der Waals surface area contributed by atoms with Crippen LogP contribution >= 0.6 is 0 Å². The van der Waals surface area contributed by atoms with Crippen LogP contribution in [0.3, 0.4) is 0 Å². The fourth-order valence-corrected chi connectivity index (χ4v) is 2.17. The highest BCUT2D eigenvalue weighted by atomic mass is 32.2. The second-order valence-electron chi connectivity index (χ2n) is 4.31. The standard InChI is InChI=1S/C10H22O2S/c1-9(2)7-5-6-8-13(11,12)10(3)4/h9-10H,5-8H2,1-4H3. The summed E-state index contributed by atoms with van der Waals surface area (Å²) in [6.45, 7) is 7.82. The van der Waals surface area contributed by atoms with Crippen molar-refractivity contribution < 1.29 is 8.42 Å². The van der Waals surface area contributed by atoms with Gasteiger partial charge in [-0.15, -0.1) is 0 Å². The molecule has 0 rings (SSSR count). The third-order valence-corrected chi connectivity index (χ3v) is 4.47. The van der Waals surface area contributed by atoms with Crippen LogP contribution in [0.4, 0.5) is 0 Å². The van der Waals surface area contributed by atoms with Crippen LogP contribution in [0.5, 0.6) is 0 Å². The minimum atomic E-state index is -2.80. The Morgan fingerprint density at radius 1 is 1.00 bits per heavy atom. The smallest absolute Gasteiger partial charge is 0.152 e. The molecule has 13 heavy (non-hydrogen) atoms. The van der Waals surface area contributed by atoms with Crippen molar-refractivity contribution in [2.75, 3.05) is 5.75 Å². The van der Waals surface area contributed by atoms with Gasteiger partial charge >= 0.3 is 0 Å². The monoisotopic (exact) mass is 206 g/mol. The number of sulfone groups is 1. The first-order valence-corrected chi connectivity index (χ1v) is 6.79. The fourth-order valence-electron chi connectivity index (χ4n) is 1.09. The average Bonchev–Trinajstić information content (AvgIpc) is 1.97. The van der Waals surface area contributed by atoms with E-state index in [2.05, 4.69) is 13.8 Å². The molecule has 0 aromatic heterocycles. The van der Waals surface area contributed by atoms with E-state index in [1.807, 2.05) is 0 Å². The van der Waals surface area contributed by atoms with E-state index in [1.54, 1.807) is 13.8 Å². The maximum Gasteiger partial charge on any atom is 0.152 e. The molecular weight excluding hydrogens is 184 g/mol. The van der Waals surface area contributed by atoms with Crippen LogP contribution in [-0.2, 0) is 9.84 Å². The minimum absolute atomic E-state index is 0.216. The predicted molar refractivity (Wildman–Crippen MR) is 57.6 cm³/mol. The molecule has 0 aromatic rings. The molecule has 0 heterocycles. The SMILES string of the molecule is CC(C)CCCCS(=O)(=O)C(C)C. The van der Waals surface area contributed by atoms with Crippen molar-refractivity contribution in [1.29, 1.82) is 0 Å². The molecule has 0 aromatic carbocycles. The molecule has 0 aliphatic heterocycles. The summed E-state index contributed by atoms with van der Waals surface area (Å²) in [7, 11) is -2.80. The van der Waals surface area contributed by atoms with Gasteiger partial charge in [-0.1, -0.05) is 26.7 Å². The van der Waals surface area contributed by atoms with Crippen molar-refractivity contribution in [3.05, 3.63) is 0 Å².